The van der Waals surface area contributed by atoms with E-state index in [1.54, 1.807) is 13.0 Å². The highest BCUT2D eigenvalue weighted by molar-refractivity contribution is 6.74. The summed E-state index contributed by atoms with van der Waals surface area (Å²) in [4.78, 5) is 23.9. The Kier molecular flexibility index (Phi) is 9.91. The van der Waals surface area contributed by atoms with Crippen LogP contribution in [0.15, 0.2) is 12.2 Å². The van der Waals surface area contributed by atoms with Crippen molar-refractivity contribution in [2.75, 3.05) is 0 Å². The van der Waals surface area contributed by atoms with Crippen LogP contribution in [0.4, 0.5) is 0 Å². The molecule has 0 bridgehead atoms. The van der Waals surface area contributed by atoms with Gasteiger partial charge in [-0.1, -0.05) is 33.3 Å². The number of ether oxygens (including phenoxy) is 1. The van der Waals surface area contributed by atoms with Crippen molar-refractivity contribution in [1.29, 1.82) is 0 Å². The quantitative estimate of drug-likeness (QED) is 0.182. The number of unbranched alkanes of at least 4 members (excludes halogenated alkanes) is 1. The molecule has 0 radical (unpaired) electrons. The van der Waals surface area contributed by atoms with Crippen LogP contribution in [0.25, 0.3) is 0 Å². The summed E-state index contributed by atoms with van der Waals surface area (Å²) in [7, 11) is -1.96. The summed E-state index contributed by atoms with van der Waals surface area (Å²) in [6.45, 7) is 20.4. The Labute approximate surface area is 196 Å². The van der Waals surface area contributed by atoms with Crippen molar-refractivity contribution in [2.24, 2.45) is 0 Å². The Morgan fingerprint density at radius 2 is 1.66 bits per heavy atom. The Morgan fingerprint density at radius 1 is 1.12 bits per heavy atom. The Balaban J connectivity index is 2.57. The molecule has 32 heavy (non-hydrogen) atoms. The van der Waals surface area contributed by atoms with Crippen molar-refractivity contribution in [3.05, 3.63) is 12.2 Å². The first-order valence-corrected chi connectivity index (χ1v) is 14.8. The molecule has 1 heterocycles. The molecule has 1 atom stereocenters. The molecular formula is C25H47NO5Si. The third kappa shape index (κ3) is 8.73. The van der Waals surface area contributed by atoms with Gasteiger partial charge in [0.15, 0.2) is 14.1 Å². The molecule has 0 aromatic carbocycles. The largest absolute Gasteiger partial charge is 0.462 e. The monoisotopic (exact) mass is 469 g/mol. The van der Waals surface area contributed by atoms with Crippen LogP contribution in [0.1, 0.15) is 93.9 Å². The van der Waals surface area contributed by atoms with E-state index in [0.717, 1.165) is 19.3 Å². The molecule has 0 aromatic heterocycles. The lowest BCUT2D eigenvalue weighted by Gasteiger charge is -2.50. The van der Waals surface area contributed by atoms with E-state index in [-0.39, 0.29) is 29.0 Å². The molecule has 0 saturated carbocycles. The first-order valence-electron chi connectivity index (χ1n) is 11.9. The van der Waals surface area contributed by atoms with E-state index in [0.29, 0.717) is 19.3 Å². The lowest BCUT2D eigenvalue weighted by Crippen LogP contribution is -2.60. The van der Waals surface area contributed by atoms with Crippen molar-refractivity contribution in [3.8, 4) is 0 Å². The van der Waals surface area contributed by atoms with Crippen molar-refractivity contribution in [3.63, 3.8) is 0 Å². The van der Waals surface area contributed by atoms with E-state index in [1.165, 1.54) is 5.06 Å². The molecule has 0 aromatic rings. The highest BCUT2D eigenvalue weighted by atomic mass is 28.4. The van der Waals surface area contributed by atoms with Crippen LogP contribution in [0.2, 0.25) is 18.1 Å². The van der Waals surface area contributed by atoms with Crippen molar-refractivity contribution < 1.29 is 24.0 Å². The molecule has 1 unspecified atom stereocenters. The summed E-state index contributed by atoms with van der Waals surface area (Å²) in [5, 5.41) is 11.9. The number of esters is 1. The Hall–Kier alpha value is -1.02. The van der Waals surface area contributed by atoms with Crippen molar-refractivity contribution in [1.82, 2.24) is 5.06 Å². The third-order valence-electron chi connectivity index (χ3n) is 6.82. The lowest BCUT2D eigenvalue weighted by atomic mass is 9.80. The summed E-state index contributed by atoms with van der Waals surface area (Å²) < 4.78 is 12.3. The first kappa shape index (κ1) is 29.0. The number of allylic oxidation sites excluding steroid dienone is 1. The second-order valence-corrected chi connectivity index (χ2v) is 16.8. The zero-order chi connectivity index (χ0) is 25.0. The van der Waals surface area contributed by atoms with Gasteiger partial charge < -0.3 is 14.4 Å². The second-order valence-electron chi connectivity index (χ2n) is 12.1. The molecule has 1 saturated heterocycles. The number of hydroxylamine groups is 2. The van der Waals surface area contributed by atoms with E-state index in [1.807, 2.05) is 33.8 Å². The fourth-order valence-electron chi connectivity index (χ4n) is 4.11. The predicted molar refractivity (Wildman–Crippen MR) is 131 cm³/mol. The fraction of sp³-hybridized carbons (Fsp3) is 0.840. The van der Waals surface area contributed by atoms with Gasteiger partial charge in [-0.05, 0) is 71.7 Å². The molecule has 0 amide bonds. The topological polar surface area (TPSA) is 76.1 Å². The van der Waals surface area contributed by atoms with E-state index in [2.05, 4.69) is 33.9 Å². The minimum absolute atomic E-state index is 0.0113. The molecule has 6 nitrogen and oxygen atoms in total. The van der Waals surface area contributed by atoms with Crippen LogP contribution in [-0.2, 0) is 18.8 Å². The molecule has 0 spiro atoms. The summed E-state index contributed by atoms with van der Waals surface area (Å²) in [5.74, 6) is -0.175. The van der Waals surface area contributed by atoms with Crippen molar-refractivity contribution >= 4 is 20.1 Å². The van der Waals surface area contributed by atoms with E-state index < -0.39 is 19.4 Å². The number of carbonyl (C=O) groups excluding carboxylic acids is 2. The standard InChI is InChI=1S/C25H47NO5Si/c1-19(27)15-16-20(31-32(9,10)23(2,3)4)13-11-12-14-22(28)30-21-17-24(5,6)26(29)25(7,8)18-21/h15-16,20-21,29H,11-14,17-18H2,1-10H3/b16-15+. The molecule has 186 valence electrons. The number of ketones is 1. The molecule has 1 N–H and O–H groups in total. The average molecular weight is 470 g/mol. The first-order chi connectivity index (χ1) is 14.4. The van der Waals surface area contributed by atoms with Crippen LogP contribution in [0.3, 0.4) is 0 Å². The molecule has 7 heteroatoms. The highest BCUT2D eigenvalue weighted by Crippen LogP contribution is 2.39. The normalized spacial score (nSPS) is 21.0. The summed E-state index contributed by atoms with van der Waals surface area (Å²) in [5.41, 5.74) is -0.881. The molecule has 0 aliphatic carbocycles. The number of hydrogen-bond acceptors (Lipinski definition) is 6. The van der Waals surface area contributed by atoms with Gasteiger partial charge in [0, 0.05) is 30.3 Å². The van der Waals surface area contributed by atoms with E-state index in [4.69, 9.17) is 9.16 Å². The van der Waals surface area contributed by atoms with Gasteiger partial charge in [0.25, 0.3) is 0 Å². The van der Waals surface area contributed by atoms with Gasteiger partial charge >= 0.3 is 5.97 Å². The lowest BCUT2D eigenvalue weighted by molar-refractivity contribution is -0.259. The number of nitrogens with zero attached hydrogens (tertiary/aromatic N) is 1. The number of carbonyl (C=O) groups is 2. The smallest absolute Gasteiger partial charge is 0.306 e. The average Bonchev–Trinajstić information content (AvgIpc) is 2.59. The van der Waals surface area contributed by atoms with E-state index >= 15 is 0 Å². The van der Waals surface area contributed by atoms with Crippen molar-refractivity contribution in [2.45, 2.75) is 135 Å². The maximum Gasteiger partial charge on any atom is 0.306 e. The van der Waals surface area contributed by atoms with Crippen LogP contribution in [0.5, 0.6) is 0 Å². The number of hydrogen-bond donors (Lipinski definition) is 1. The minimum Gasteiger partial charge on any atom is -0.462 e. The van der Waals surface area contributed by atoms with Crippen LogP contribution in [0, 0.1) is 0 Å². The second kappa shape index (κ2) is 10.9. The van der Waals surface area contributed by atoms with Gasteiger partial charge in [-0.25, -0.2) is 0 Å². The molecule has 1 rings (SSSR count). The maximum absolute atomic E-state index is 12.5. The van der Waals surface area contributed by atoms with Crippen LogP contribution < -0.4 is 0 Å². The molecule has 1 aliphatic rings. The van der Waals surface area contributed by atoms with Crippen LogP contribution >= 0.6 is 0 Å². The minimum atomic E-state index is -1.96. The van der Waals surface area contributed by atoms with Gasteiger partial charge in [0.05, 0.1) is 6.10 Å². The Morgan fingerprint density at radius 3 is 2.12 bits per heavy atom. The molecular weight excluding hydrogens is 422 g/mol. The zero-order valence-electron chi connectivity index (χ0n) is 22.1. The molecule has 1 aliphatic heterocycles. The van der Waals surface area contributed by atoms with Gasteiger partial charge in [0.2, 0.25) is 0 Å². The number of piperidine rings is 1. The highest BCUT2D eigenvalue weighted by Gasteiger charge is 2.46. The zero-order valence-corrected chi connectivity index (χ0v) is 23.1. The van der Waals surface area contributed by atoms with Gasteiger partial charge in [-0.3, -0.25) is 9.59 Å². The predicted octanol–water partition coefficient (Wildman–Crippen LogP) is 6.04. The maximum atomic E-state index is 12.5. The fourth-order valence-corrected chi connectivity index (χ4v) is 5.42. The SMILES string of the molecule is CC(=O)/C=C/C(CCCCC(=O)OC1CC(C)(C)N(O)C(C)(C)C1)O[Si](C)(C)C(C)(C)C. The van der Waals surface area contributed by atoms with Gasteiger partial charge in [0.1, 0.15) is 6.10 Å². The van der Waals surface area contributed by atoms with Gasteiger partial charge in [-0.15, -0.1) is 0 Å². The Bertz CT molecular complexity index is 660. The summed E-state index contributed by atoms with van der Waals surface area (Å²) in [6.07, 6.45) is 7.04. The summed E-state index contributed by atoms with van der Waals surface area (Å²) in [6, 6.07) is 0. The van der Waals surface area contributed by atoms with E-state index in [9.17, 15) is 14.8 Å². The third-order valence-corrected chi connectivity index (χ3v) is 11.3. The van der Waals surface area contributed by atoms with Gasteiger partial charge in [-0.2, -0.15) is 5.06 Å². The van der Waals surface area contributed by atoms with Crippen LogP contribution in [-0.4, -0.2) is 53.6 Å². The number of rotatable bonds is 10. The molecule has 1 fully saturated rings. The summed E-state index contributed by atoms with van der Waals surface area (Å²) >= 11 is 0.